The van der Waals surface area contributed by atoms with Crippen LogP contribution >= 0.6 is 0 Å². The van der Waals surface area contributed by atoms with Crippen molar-refractivity contribution in [2.75, 3.05) is 13.7 Å². The number of amidine groups is 1. The van der Waals surface area contributed by atoms with Crippen LogP contribution in [0.15, 0.2) is 48.5 Å². The van der Waals surface area contributed by atoms with Crippen LogP contribution in [0.2, 0.25) is 0 Å². The average molecular weight is 329 g/mol. The Morgan fingerprint density at radius 1 is 1.08 bits per heavy atom. The Labute approximate surface area is 140 Å². The van der Waals surface area contributed by atoms with E-state index in [1.165, 1.54) is 0 Å². The molecule has 0 bridgehead atoms. The van der Waals surface area contributed by atoms with Gasteiger partial charge in [0.25, 0.3) is 5.84 Å². The van der Waals surface area contributed by atoms with E-state index in [4.69, 9.17) is 20.0 Å². The summed E-state index contributed by atoms with van der Waals surface area (Å²) in [5.41, 5.74) is 7.67. The van der Waals surface area contributed by atoms with Crippen LogP contribution in [0, 0.1) is 6.92 Å². The second-order valence-corrected chi connectivity index (χ2v) is 5.14. The summed E-state index contributed by atoms with van der Waals surface area (Å²) >= 11 is 0. The maximum atomic E-state index is 11.7. The molecule has 0 amide bonds. The molecule has 0 aliphatic rings. The molecule has 2 aromatic carbocycles. The first-order valence-corrected chi connectivity index (χ1v) is 7.47. The van der Waals surface area contributed by atoms with Gasteiger partial charge in [0.05, 0.1) is 13.5 Å². The van der Waals surface area contributed by atoms with Crippen LogP contribution in [0.5, 0.6) is 11.5 Å². The topological polar surface area (TPSA) is 84.8 Å². The lowest BCUT2D eigenvalue weighted by Gasteiger charge is -2.06. The highest BCUT2D eigenvalue weighted by Gasteiger charge is 2.11. The minimum absolute atomic E-state index is 0.209. The van der Waals surface area contributed by atoms with E-state index in [1.54, 1.807) is 13.2 Å². The molecule has 126 valence electrons. The van der Waals surface area contributed by atoms with E-state index in [1.807, 2.05) is 49.4 Å². The van der Waals surface area contributed by atoms with Gasteiger partial charge in [0, 0.05) is 5.56 Å². The highest BCUT2D eigenvalue weighted by Crippen LogP contribution is 2.17. The third kappa shape index (κ3) is 5.01. The maximum Gasteiger partial charge on any atom is 0.394 e. The smallest absolute Gasteiger partial charge is 0.394 e. The van der Waals surface area contributed by atoms with Crippen molar-refractivity contribution >= 4 is 11.8 Å². The van der Waals surface area contributed by atoms with Gasteiger partial charge >= 0.3 is 5.97 Å². The van der Waals surface area contributed by atoms with E-state index in [2.05, 4.69) is 5.16 Å². The van der Waals surface area contributed by atoms with Gasteiger partial charge in [0.15, 0.2) is 6.61 Å². The van der Waals surface area contributed by atoms with Crippen molar-refractivity contribution in [1.82, 2.24) is 0 Å². The van der Waals surface area contributed by atoms with E-state index in [0.717, 1.165) is 16.9 Å². The Morgan fingerprint density at radius 3 is 2.46 bits per heavy atom. The van der Waals surface area contributed by atoms with Crippen molar-refractivity contribution in [3.8, 4) is 11.5 Å². The fourth-order valence-electron chi connectivity index (χ4n) is 2.10. The molecule has 0 saturated carbocycles. The molecule has 2 rings (SSSR count). The minimum Gasteiger partial charge on any atom is -0.496 e. The van der Waals surface area contributed by atoms with Crippen LogP contribution in [0.3, 0.4) is 0 Å². The molecule has 0 aliphatic heterocycles. The third-order valence-corrected chi connectivity index (χ3v) is 3.31. The molecular weight excluding hydrogens is 308 g/mol. The molecule has 0 saturated heterocycles. The van der Waals surface area contributed by atoms with Gasteiger partial charge in [-0.15, -0.1) is 0 Å². The summed E-state index contributed by atoms with van der Waals surface area (Å²) in [4.78, 5) is 16.6. The summed E-state index contributed by atoms with van der Waals surface area (Å²) in [7, 11) is 1.59. The fourth-order valence-corrected chi connectivity index (χ4v) is 2.10. The van der Waals surface area contributed by atoms with Crippen molar-refractivity contribution in [2.45, 2.75) is 13.3 Å². The summed E-state index contributed by atoms with van der Waals surface area (Å²) in [6.45, 7) is 1.69. The van der Waals surface area contributed by atoms with Crippen molar-refractivity contribution in [2.24, 2.45) is 5.73 Å². The molecule has 24 heavy (non-hydrogen) atoms. The zero-order chi connectivity index (χ0) is 17.4. The normalized spacial score (nSPS) is 11.0. The molecule has 0 heterocycles. The molecule has 0 unspecified atom stereocenters. The first-order valence-electron chi connectivity index (χ1n) is 7.47. The lowest BCUT2D eigenvalue weighted by molar-refractivity contribution is -0.725. The van der Waals surface area contributed by atoms with Crippen LogP contribution in [0.25, 0.3) is 0 Å². The van der Waals surface area contributed by atoms with Crippen LogP contribution in [0.1, 0.15) is 11.1 Å². The van der Waals surface area contributed by atoms with Gasteiger partial charge in [-0.25, -0.2) is 4.79 Å². The summed E-state index contributed by atoms with van der Waals surface area (Å²) in [6.07, 6.45) is 0.371. The van der Waals surface area contributed by atoms with E-state index in [-0.39, 0.29) is 6.61 Å². The number of nitrogens with one attached hydrogen (secondary N) is 1. The van der Waals surface area contributed by atoms with Gasteiger partial charge in [-0.05, 0) is 24.6 Å². The highest BCUT2D eigenvalue weighted by atomic mass is 16.7. The highest BCUT2D eigenvalue weighted by molar-refractivity contribution is 5.78. The van der Waals surface area contributed by atoms with E-state index >= 15 is 0 Å². The molecule has 0 aliphatic carbocycles. The first kappa shape index (κ1) is 17.3. The predicted octanol–water partition coefficient (Wildman–Crippen LogP) is 0.521. The van der Waals surface area contributed by atoms with Gasteiger partial charge < -0.3 is 9.47 Å². The Morgan fingerprint density at radius 2 is 1.75 bits per heavy atom. The summed E-state index contributed by atoms with van der Waals surface area (Å²) in [6, 6.07) is 14.9. The Kier molecular flexibility index (Phi) is 6.19. The maximum absolute atomic E-state index is 11.7. The van der Waals surface area contributed by atoms with Crippen LogP contribution < -0.4 is 20.4 Å². The van der Waals surface area contributed by atoms with Crippen molar-refractivity contribution in [3.05, 3.63) is 59.7 Å². The number of ether oxygens (including phenoxy) is 2. The van der Waals surface area contributed by atoms with Crippen LogP contribution in [-0.2, 0) is 16.1 Å². The number of hydrogen-bond acceptors (Lipinski definition) is 4. The lowest BCUT2D eigenvalue weighted by atomic mass is 10.1. The Balaban J connectivity index is 1.85. The van der Waals surface area contributed by atoms with Gasteiger partial charge in [-0.3, -0.25) is 10.6 Å². The van der Waals surface area contributed by atoms with Crippen LogP contribution in [0.4, 0.5) is 0 Å². The number of rotatable bonds is 7. The molecule has 0 atom stereocenters. The molecule has 6 heteroatoms. The Bertz CT molecular complexity index is 728. The van der Waals surface area contributed by atoms with E-state index < -0.39 is 5.97 Å². The lowest BCUT2D eigenvalue weighted by Crippen LogP contribution is -2.76. The largest absolute Gasteiger partial charge is 0.496 e. The number of benzene rings is 2. The molecule has 0 fully saturated rings. The van der Waals surface area contributed by atoms with E-state index in [9.17, 15) is 4.79 Å². The summed E-state index contributed by atoms with van der Waals surface area (Å²) in [5, 5.41) is 2.44. The number of hydrogen-bond donors (Lipinski definition) is 2. The molecule has 3 N–H and O–H groups in total. The number of para-hydroxylation sites is 2. The minimum atomic E-state index is -0.568. The van der Waals surface area contributed by atoms with Gasteiger partial charge in [0.2, 0.25) is 0 Å². The van der Waals surface area contributed by atoms with Gasteiger partial charge in [-0.1, -0.05) is 41.6 Å². The zero-order valence-corrected chi connectivity index (χ0v) is 13.7. The van der Waals surface area contributed by atoms with Crippen molar-refractivity contribution in [1.29, 1.82) is 0 Å². The van der Waals surface area contributed by atoms with Crippen molar-refractivity contribution in [3.63, 3.8) is 0 Å². The molecular formula is C18H21N2O4+. The zero-order valence-electron chi connectivity index (χ0n) is 13.7. The fraction of sp³-hybridized carbons (Fsp3) is 0.222. The molecule has 0 aromatic heterocycles. The number of nitrogens with two attached hydrogens (primary N) is 1. The Hall–Kier alpha value is -3.02. The number of methoxy groups -OCH3 is 1. The average Bonchev–Trinajstić information content (AvgIpc) is 2.59. The quantitative estimate of drug-likeness (QED) is 0.335. The number of aryl methyl sites for hydroxylation is 1. The predicted molar refractivity (Wildman–Crippen MR) is 89.6 cm³/mol. The molecule has 0 radical (unpaired) electrons. The van der Waals surface area contributed by atoms with E-state index in [0.29, 0.717) is 18.0 Å². The SMILES string of the molecule is COc1ccccc1CC(N)=[NH+]OC(=O)COc1ccccc1C. The molecule has 0 spiro atoms. The second-order valence-electron chi connectivity index (χ2n) is 5.14. The summed E-state index contributed by atoms with van der Waals surface area (Å²) in [5.74, 6) is 1.09. The van der Waals surface area contributed by atoms with Crippen LogP contribution in [-0.4, -0.2) is 25.5 Å². The number of carbonyl (C=O) groups is 1. The summed E-state index contributed by atoms with van der Waals surface area (Å²) < 4.78 is 10.6. The standard InChI is InChI=1S/C18H20N2O4/c1-13-7-3-5-9-15(13)23-12-18(21)24-20-17(19)11-14-8-4-6-10-16(14)22-2/h3-10H,11-12H2,1-2H3,(H2,19,20)/p+1. The monoisotopic (exact) mass is 329 g/mol. The van der Waals surface area contributed by atoms with Gasteiger partial charge in [-0.2, -0.15) is 0 Å². The number of carbonyl (C=O) groups excluding carboxylic acids is 1. The third-order valence-electron chi connectivity index (χ3n) is 3.31. The molecule has 6 nitrogen and oxygen atoms in total. The molecule has 2 aromatic rings. The van der Waals surface area contributed by atoms with Crippen molar-refractivity contribution < 1.29 is 24.3 Å². The second kappa shape index (κ2) is 8.57. The first-order chi connectivity index (χ1) is 11.6. The van der Waals surface area contributed by atoms with Gasteiger partial charge in [0.1, 0.15) is 11.5 Å².